The van der Waals surface area contributed by atoms with E-state index in [-0.39, 0.29) is 0 Å². The zero-order chi connectivity index (χ0) is 14.2. The van der Waals surface area contributed by atoms with E-state index in [0.717, 1.165) is 35.8 Å². The van der Waals surface area contributed by atoms with Crippen LogP contribution in [0.25, 0.3) is 0 Å². The Balaban J connectivity index is 1.79. The molecule has 2 rings (SSSR count). The molecule has 0 spiro atoms. The van der Waals surface area contributed by atoms with Crippen LogP contribution in [-0.2, 0) is 0 Å². The van der Waals surface area contributed by atoms with Crippen LogP contribution in [0.4, 0.5) is 0 Å². The molecule has 1 aliphatic heterocycles. The molecule has 110 valence electrons. The van der Waals surface area contributed by atoms with Crippen molar-refractivity contribution in [1.82, 2.24) is 10.2 Å². The van der Waals surface area contributed by atoms with Crippen LogP contribution in [-0.4, -0.2) is 43.6 Å². The highest BCUT2D eigenvalue weighted by Gasteiger charge is 2.14. The fraction of sp³-hybridized carbons (Fsp3) is 0.533. The molecule has 0 amide bonds. The van der Waals surface area contributed by atoms with Gasteiger partial charge in [-0.05, 0) is 44.0 Å². The first-order valence-corrected chi connectivity index (χ1v) is 8.00. The summed E-state index contributed by atoms with van der Waals surface area (Å²) in [5, 5.41) is 3.34. The molecule has 1 aromatic carbocycles. The Morgan fingerprint density at radius 3 is 2.65 bits per heavy atom. The first-order valence-electron chi connectivity index (χ1n) is 7.21. The van der Waals surface area contributed by atoms with Crippen molar-refractivity contribution in [3.05, 3.63) is 28.7 Å². The Bertz CT molecular complexity index is 427. The SMILES string of the molecule is CCNC(=NCCOc1ccc(Br)cc1)N1CCCC1. The predicted molar refractivity (Wildman–Crippen MR) is 86.4 cm³/mol. The van der Waals surface area contributed by atoms with Gasteiger partial charge in [-0.3, -0.25) is 0 Å². The molecule has 5 heteroatoms. The van der Waals surface area contributed by atoms with E-state index in [4.69, 9.17) is 4.74 Å². The van der Waals surface area contributed by atoms with E-state index in [1.54, 1.807) is 0 Å². The van der Waals surface area contributed by atoms with Crippen LogP contribution in [0, 0.1) is 0 Å². The number of halogens is 1. The Labute approximate surface area is 129 Å². The van der Waals surface area contributed by atoms with Crippen molar-refractivity contribution >= 4 is 21.9 Å². The smallest absolute Gasteiger partial charge is 0.194 e. The molecule has 1 N–H and O–H groups in total. The van der Waals surface area contributed by atoms with Crippen LogP contribution in [0.3, 0.4) is 0 Å². The van der Waals surface area contributed by atoms with Gasteiger partial charge in [-0.25, -0.2) is 4.99 Å². The van der Waals surface area contributed by atoms with Crippen LogP contribution >= 0.6 is 15.9 Å². The summed E-state index contributed by atoms with van der Waals surface area (Å²) >= 11 is 3.41. The van der Waals surface area contributed by atoms with Crippen molar-refractivity contribution < 1.29 is 4.74 Å². The van der Waals surface area contributed by atoms with Crippen LogP contribution in [0.2, 0.25) is 0 Å². The van der Waals surface area contributed by atoms with Gasteiger partial charge in [0, 0.05) is 24.1 Å². The quantitative estimate of drug-likeness (QED) is 0.509. The third-order valence-electron chi connectivity index (χ3n) is 3.18. The molecule has 0 atom stereocenters. The van der Waals surface area contributed by atoms with Gasteiger partial charge in [0.15, 0.2) is 5.96 Å². The molecule has 0 aliphatic carbocycles. The van der Waals surface area contributed by atoms with E-state index in [0.29, 0.717) is 13.2 Å². The summed E-state index contributed by atoms with van der Waals surface area (Å²) in [4.78, 5) is 6.95. The molecule has 0 radical (unpaired) electrons. The van der Waals surface area contributed by atoms with Gasteiger partial charge in [0.1, 0.15) is 12.4 Å². The number of nitrogens with zero attached hydrogens (tertiary/aromatic N) is 2. The standard InChI is InChI=1S/C15H22BrN3O/c1-2-17-15(19-10-3-4-11-19)18-9-12-20-14-7-5-13(16)6-8-14/h5-8H,2-4,9-12H2,1H3,(H,17,18). The number of likely N-dealkylation sites (tertiary alicyclic amines) is 1. The molecule has 1 heterocycles. The van der Waals surface area contributed by atoms with E-state index in [9.17, 15) is 0 Å². The number of hydrogen-bond acceptors (Lipinski definition) is 2. The lowest BCUT2D eigenvalue weighted by molar-refractivity contribution is 0.327. The van der Waals surface area contributed by atoms with Gasteiger partial charge in [0.2, 0.25) is 0 Å². The highest BCUT2D eigenvalue weighted by atomic mass is 79.9. The molecule has 0 aromatic heterocycles. The van der Waals surface area contributed by atoms with E-state index in [1.165, 1.54) is 12.8 Å². The number of aliphatic imine (C=N–C) groups is 1. The summed E-state index contributed by atoms with van der Waals surface area (Å²) in [6, 6.07) is 7.87. The van der Waals surface area contributed by atoms with Gasteiger partial charge in [-0.2, -0.15) is 0 Å². The molecule has 4 nitrogen and oxygen atoms in total. The molecule has 1 fully saturated rings. The summed E-state index contributed by atoms with van der Waals surface area (Å²) in [5.41, 5.74) is 0. The minimum absolute atomic E-state index is 0.602. The number of guanidine groups is 1. The van der Waals surface area contributed by atoms with Crippen LogP contribution in [0.5, 0.6) is 5.75 Å². The van der Waals surface area contributed by atoms with Gasteiger partial charge in [0.25, 0.3) is 0 Å². The molecular formula is C15H22BrN3O. The lowest BCUT2D eigenvalue weighted by Gasteiger charge is -2.20. The fourth-order valence-electron chi connectivity index (χ4n) is 2.20. The summed E-state index contributed by atoms with van der Waals surface area (Å²) in [5.74, 6) is 1.90. The van der Waals surface area contributed by atoms with Crippen LogP contribution < -0.4 is 10.1 Å². The number of nitrogens with one attached hydrogen (secondary N) is 1. The molecule has 0 bridgehead atoms. The van der Waals surface area contributed by atoms with Crippen LogP contribution in [0.1, 0.15) is 19.8 Å². The molecule has 0 saturated carbocycles. The van der Waals surface area contributed by atoms with Gasteiger partial charge in [-0.1, -0.05) is 15.9 Å². The monoisotopic (exact) mass is 339 g/mol. The predicted octanol–water partition coefficient (Wildman–Crippen LogP) is 2.89. The largest absolute Gasteiger partial charge is 0.492 e. The number of ether oxygens (including phenoxy) is 1. The van der Waals surface area contributed by atoms with E-state index in [1.807, 2.05) is 24.3 Å². The molecule has 1 aliphatic rings. The van der Waals surface area contributed by atoms with Crippen LogP contribution in [0.15, 0.2) is 33.7 Å². The zero-order valence-corrected chi connectivity index (χ0v) is 13.5. The number of rotatable bonds is 5. The number of benzene rings is 1. The van der Waals surface area contributed by atoms with E-state index in [2.05, 4.69) is 38.1 Å². The third-order valence-corrected chi connectivity index (χ3v) is 3.70. The number of hydrogen-bond donors (Lipinski definition) is 1. The first kappa shape index (κ1) is 15.2. The van der Waals surface area contributed by atoms with Crippen molar-refractivity contribution in [2.45, 2.75) is 19.8 Å². The maximum Gasteiger partial charge on any atom is 0.194 e. The Kier molecular flexibility index (Phi) is 6.18. The van der Waals surface area contributed by atoms with Gasteiger partial charge >= 0.3 is 0 Å². The summed E-state index contributed by atoms with van der Waals surface area (Å²) in [6.45, 7) is 6.50. The average molecular weight is 340 g/mol. The Morgan fingerprint density at radius 2 is 2.00 bits per heavy atom. The summed E-state index contributed by atoms with van der Waals surface area (Å²) in [7, 11) is 0. The van der Waals surface area contributed by atoms with Crippen molar-refractivity contribution in [2.75, 3.05) is 32.8 Å². The lowest BCUT2D eigenvalue weighted by atomic mass is 10.3. The first-order chi connectivity index (χ1) is 9.79. The molecule has 1 saturated heterocycles. The molecule has 0 unspecified atom stereocenters. The maximum absolute atomic E-state index is 5.68. The second-order valence-corrected chi connectivity index (χ2v) is 5.65. The van der Waals surface area contributed by atoms with Crippen molar-refractivity contribution in [3.63, 3.8) is 0 Å². The maximum atomic E-state index is 5.68. The topological polar surface area (TPSA) is 36.9 Å². The lowest BCUT2D eigenvalue weighted by Crippen LogP contribution is -2.39. The van der Waals surface area contributed by atoms with Gasteiger partial charge in [-0.15, -0.1) is 0 Å². The Morgan fingerprint density at radius 1 is 1.30 bits per heavy atom. The summed E-state index contributed by atoms with van der Waals surface area (Å²) in [6.07, 6.45) is 2.53. The highest BCUT2D eigenvalue weighted by molar-refractivity contribution is 9.10. The minimum atomic E-state index is 0.602. The molecular weight excluding hydrogens is 318 g/mol. The second kappa shape index (κ2) is 8.15. The van der Waals surface area contributed by atoms with E-state index >= 15 is 0 Å². The minimum Gasteiger partial charge on any atom is -0.492 e. The molecule has 20 heavy (non-hydrogen) atoms. The molecule has 1 aromatic rings. The van der Waals surface area contributed by atoms with Gasteiger partial charge < -0.3 is 15.0 Å². The average Bonchev–Trinajstić information content (AvgIpc) is 2.98. The van der Waals surface area contributed by atoms with Crippen molar-refractivity contribution in [2.24, 2.45) is 4.99 Å². The second-order valence-electron chi connectivity index (χ2n) is 4.73. The van der Waals surface area contributed by atoms with Gasteiger partial charge in [0.05, 0.1) is 6.54 Å². The normalized spacial score (nSPS) is 15.5. The Hall–Kier alpha value is -1.23. The zero-order valence-electron chi connectivity index (χ0n) is 11.9. The van der Waals surface area contributed by atoms with Crippen molar-refractivity contribution in [3.8, 4) is 5.75 Å². The van der Waals surface area contributed by atoms with Crippen molar-refractivity contribution in [1.29, 1.82) is 0 Å². The highest BCUT2D eigenvalue weighted by Crippen LogP contribution is 2.15. The fourth-order valence-corrected chi connectivity index (χ4v) is 2.46. The van der Waals surface area contributed by atoms with E-state index < -0.39 is 0 Å². The summed E-state index contributed by atoms with van der Waals surface area (Å²) < 4.78 is 6.74. The third kappa shape index (κ3) is 4.71.